The smallest absolute Gasteiger partial charge is 0.253 e. The highest BCUT2D eigenvalue weighted by molar-refractivity contribution is 6.54. The number of amides is 2. The number of halogens is 7. The van der Waals surface area contributed by atoms with Crippen LogP contribution in [0.2, 0.25) is 15.1 Å². The van der Waals surface area contributed by atoms with Crippen LogP contribution in [-0.4, -0.2) is 28.1 Å². The second kappa shape index (κ2) is 8.42. The lowest BCUT2D eigenvalue weighted by atomic mass is 9.88. The van der Waals surface area contributed by atoms with Crippen molar-refractivity contribution in [2.24, 2.45) is 5.92 Å². The Morgan fingerprint density at radius 3 is 2.18 bits per heavy atom. The van der Waals surface area contributed by atoms with Crippen LogP contribution in [0.5, 0.6) is 0 Å². The molecule has 4 rings (SSSR count). The van der Waals surface area contributed by atoms with Gasteiger partial charge < -0.3 is 10.6 Å². The summed E-state index contributed by atoms with van der Waals surface area (Å²) in [5, 5.41) is 6.10. The highest BCUT2D eigenvalue weighted by Crippen LogP contribution is 2.70. The molecule has 0 radical (unpaired) electrons. The van der Waals surface area contributed by atoms with Gasteiger partial charge in [-0.3, -0.25) is 9.59 Å². The average molecular weight is 557 g/mol. The molecule has 33 heavy (non-hydrogen) atoms. The summed E-state index contributed by atoms with van der Waals surface area (Å²) < 4.78 is 24.7. The topological polar surface area (TPSA) is 58.2 Å². The van der Waals surface area contributed by atoms with Gasteiger partial charge in [-0.1, -0.05) is 64.9 Å². The number of hydrogen-bond donors (Lipinski definition) is 2. The van der Waals surface area contributed by atoms with E-state index >= 15 is 0 Å². The summed E-state index contributed by atoms with van der Waals surface area (Å²) in [5.74, 6) is -4.69. The molecule has 2 saturated carbocycles. The summed E-state index contributed by atoms with van der Waals surface area (Å²) in [6.07, 6.45) is -0.845. The SMILES string of the molecule is CC1(c2cc(Cl)cc(Cl)c2)C(C(=O)Nc2ccc(Cl)c(C(=O)NC3CC(F)(F)C3)c2)C1(Cl)Cl. The monoisotopic (exact) mass is 554 g/mol. The third-order valence-electron chi connectivity index (χ3n) is 6.18. The normalized spacial score (nSPS) is 25.2. The molecule has 2 aliphatic rings. The van der Waals surface area contributed by atoms with Gasteiger partial charge in [0.05, 0.1) is 16.5 Å². The standard InChI is InChI=1S/C22H17Cl5F2N2O2/c1-20(10-4-11(23)6-12(24)5-10)17(22(20,26)27)19(33)30-13-2-3-16(25)15(7-13)18(32)31-14-8-21(28,29)9-14/h2-7,14,17H,8-9H2,1H3,(H,30,33)(H,31,32). The first-order chi connectivity index (χ1) is 15.2. The maximum absolute atomic E-state index is 13.1. The second-order valence-electron chi connectivity index (χ2n) is 8.53. The molecule has 2 fully saturated rings. The summed E-state index contributed by atoms with van der Waals surface area (Å²) in [4.78, 5) is 25.6. The van der Waals surface area contributed by atoms with Gasteiger partial charge in [0.1, 0.15) is 4.33 Å². The van der Waals surface area contributed by atoms with E-state index in [2.05, 4.69) is 10.6 Å². The molecule has 4 nitrogen and oxygen atoms in total. The van der Waals surface area contributed by atoms with Crippen LogP contribution in [-0.2, 0) is 10.2 Å². The first-order valence-corrected chi connectivity index (χ1v) is 11.8. The molecule has 2 aromatic carbocycles. The Kier molecular flexibility index (Phi) is 6.33. The summed E-state index contributed by atoms with van der Waals surface area (Å²) in [6.45, 7) is 1.73. The van der Waals surface area contributed by atoms with Crippen LogP contribution < -0.4 is 10.6 Å². The fourth-order valence-electron chi connectivity index (χ4n) is 4.19. The molecule has 0 saturated heterocycles. The number of hydrogen-bond acceptors (Lipinski definition) is 2. The number of carbonyl (C=O) groups is 2. The molecule has 11 heteroatoms. The molecule has 176 valence electrons. The molecule has 0 spiro atoms. The first-order valence-electron chi connectivity index (χ1n) is 9.88. The van der Waals surface area contributed by atoms with E-state index in [-0.39, 0.29) is 16.3 Å². The van der Waals surface area contributed by atoms with Gasteiger partial charge in [-0.05, 0) is 42.0 Å². The summed E-state index contributed by atoms with van der Waals surface area (Å²) in [6, 6.07) is 8.53. The van der Waals surface area contributed by atoms with Gasteiger partial charge in [0.25, 0.3) is 11.8 Å². The van der Waals surface area contributed by atoms with E-state index < -0.39 is 52.3 Å². The van der Waals surface area contributed by atoms with Gasteiger partial charge >= 0.3 is 0 Å². The Labute approximate surface area is 213 Å². The van der Waals surface area contributed by atoms with E-state index in [0.717, 1.165) is 0 Å². The first kappa shape index (κ1) is 24.8. The lowest BCUT2D eigenvalue weighted by Gasteiger charge is -2.35. The van der Waals surface area contributed by atoms with Gasteiger partial charge in [0, 0.05) is 40.0 Å². The lowest BCUT2D eigenvalue weighted by Crippen LogP contribution is -2.50. The van der Waals surface area contributed by atoms with Gasteiger partial charge in [-0.25, -0.2) is 8.78 Å². The van der Waals surface area contributed by atoms with Crippen molar-refractivity contribution in [3.05, 3.63) is 62.6 Å². The Morgan fingerprint density at radius 1 is 1.00 bits per heavy atom. The number of alkyl halides is 4. The summed E-state index contributed by atoms with van der Waals surface area (Å²) in [5.41, 5.74) is -0.0286. The highest BCUT2D eigenvalue weighted by Gasteiger charge is 2.77. The molecule has 2 aromatic rings. The fraction of sp³-hybridized carbons (Fsp3) is 0.364. The van der Waals surface area contributed by atoms with E-state index in [1.165, 1.54) is 18.2 Å². The second-order valence-corrected chi connectivity index (χ2v) is 11.2. The van der Waals surface area contributed by atoms with Crippen LogP contribution in [0.3, 0.4) is 0 Å². The zero-order valence-electron chi connectivity index (χ0n) is 17.0. The van der Waals surface area contributed by atoms with Gasteiger partial charge in [-0.2, -0.15) is 0 Å². The van der Waals surface area contributed by atoms with Crippen LogP contribution in [0.15, 0.2) is 36.4 Å². The highest BCUT2D eigenvalue weighted by atomic mass is 35.5. The van der Waals surface area contributed by atoms with Crippen molar-refractivity contribution in [1.29, 1.82) is 0 Å². The average Bonchev–Trinajstić information content (AvgIpc) is 3.14. The zero-order chi connectivity index (χ0) is 24.3. The Balaban J connectivity index is 1.51. The predicted molar refractivity (Wildman–Crippen MR) is 127 cm³/mol. The summed E-state index contributed by atoms with van der Waals surface area (Å²) >= 11 is 31.3. The van der Waals surface area contributed by atoms with Crippen LogP contribution in [0.1, 0.15) is 35.7 Å². The minimum absolute atomic E-state index is 0.0490. The van der Waals surface area contributed by atoms with Crippen molar-refractivity contribution in [3.8, 4) is 0 Å². The lowest BCUT2D eigenvalue weighted by molar-refractivity contribution is -0.117. The number of nitrogens with one attached hydrogen (secondary N) is 2. The molecule has 0 aliphatic heterocycles. The molecule has 2 amide bonds. The van der Waals surface area contributed by atoms with E-state index in [1.807, 2.05) is 0 Å². The fourth-order valence-corrected chi connectivity index (χ4v) is 5.88. The van der Waals surface area contributed by atoms with Crippen molar-refractivity contribution in [2.75, 3.05) is 5.32 Å². The number of anilines is 1. The molecular formula is C22H17Cl5F2N2O2. The van der Waals surface area contributed by atoms with Crippen molar-refractivity contribution in [1.82, 2.24) is 5.32 Å². The third kappa shape index (κ3) is 4.53. The maximum atomic E-state index is 13.1. The zero-order valence-corrected chi connectivity index (χ0v) is 20.8. The quantitative estimate of drug-likeness (QED) is 0.395. The molecule has 2 aliphatic carbocycles. The van der Waals surface area contributed by atoms with Crippen molar-refractivity contribution < 1.29 is 18.4 Å². The van der Waals surface area contributed by atoms with Crippen LogP contribution in [0.25, 0.3) is 0 Å². The molecule has 2 unspecified atom stereocenters. The van der Waals surface area contributed by atoms with Gasteiger partial charge in [0.2, 0.25) is 5.91 Å². The van der Waals surface area contributed by atoms with Gasteiger partial charge in [0.15, 0.2) is 0 Å². The van der Waals surface area contributed by atoms with Crippen LogP contribution in [0, 0.1) is 5.92 Å². The number of benzene rings is 2. The van der Waals surface area contributed by atoms with Crippen LogP contribution in [0.4, 0.5) is 14.5 Å². The Hall–Kier alpha value is -1.31. The summed E-state index contributed by atoms with van der Waals surface area (Å²) in [7, 11) is 0. The Morgan fingerprint density at radius 2 is 1.61 bits per heavy atom. The van der Waals surface area contributed by atoms with Crippen molar-refractivity contribution in [3.63, 3.8) is 0 Å². The van der Waals surface area contributed by atoms with Crippen LogP contribution >= 0.6 is 58.0 Å². The molecular weight excluding hydrogens is 540 g/mol. The van der Waals surface area contributed by atoms with Crippen molar-refractivity contribution in [2.45, 2.75) is 41.5 Å². The predicted octanol–water partition coefficient (Wildman–Crippen LogP) is 6.87. The molecule has 2 N–H and O–H groups in total. The number of carbonyl (C=O) groups excluding carboxylic acids is 2. The Bertz CT molecular complexity index is 1130. The molecule has 0 bridgehead atoms. The molecule has 0 aromatic heterocycles. The largest absolute Gasteiger partial charge is 0.349 e. The number of rotatable bonds is 5. The van der Waals surface area contributed by atoms with E-state index in [9.17, 15) is 18.4 Å². The van der Waals surface area contributed by atoms with Crippen molar-refractivity contribution >= 4 is 75.5 Å². The maximum Gasteiger partial charge on any atom is 0.253 e. The van der Waals surface area contributed by atoms with Gasteiger partial charge in [-0.15, -0.1) is 0 Å². The third-order valence-corrected chi connectivity index (χ3v) is 8.16. The molecule has 2 atom stereocenters. The van der Waals surface area contributed by atoms with E-state index in [1.54, 1.807) is 25.1 Å². The van der Waals surface area contributed by atoms with E-state index in [0.29, 0.717) is 15.6 Å². The van der Waals surface area contributed by atoms with E-state index in [4.69, 9.17) is 58.0 Å². The minimum atomic E-state index is -2.77. The minimum Gasteiger partial charge on any atom is -0.349 e. The molecule has 0 heterocycles.